The van der Waals surface area contributed by atoms with Crippen LogP contribution in [0.4, 0.5) is 0 Å². The summed E-state index contributed by atoms with van der Waals surface area (Å²) in [5, 5.41) is 3.15. The molecule has 1 aliphatic rings. The van der Waals surface area contributed by atoms with Crippen LogP contribution in [0.25, 0.3) is 0 Å². The SMILES string of the molecule is CSc1ccc(CN(C)[C@H](C(=O)NC2CC2)c2ccccc2)cc1. The minimum Gasteiger partial charge on any atom is -0.352 e. The number of hydrogen-bond acceptors (Lipinski definition) is 3. The first kappa shape index (κ1) is 17.1. The van der Waals surface area contributed by atoms with Crippen LogP contribution in [0.1, 0.15) is 30.0 Å². The fourth-order valence-electron chi connectivity index (χ4n) is 2.86. The van der Waals surface area contributed by atoms with E-state index in [4.69, 9.17) is 0 Å². The topological polar surface area (TPSA) is 32.3 Å². The van der Waals surface area contributed by atoms with E-state index in [1.54, 1.807) is 11.8 Å². The Bertz CT molecular complexity index is 668. The molecule has 2 aromatic carbocycles. The quantitative estimate of drug-likeness (QED) is 0.777. The second-order valence-corrected chi connectivity index (χ2v) is 7.24. The number of carbonyl (C=O) groups is 1. The molecule has 0 aliphatic heterocycles. The molecule has 24 heavy (non-hydrogen) atoms. The van der Waals surface area contributed by atoms with Gasteiger partial charge in [0, 0.05) is 17.5 Å². The molecular formula is C20H24N2OS. The zero-order chi connectivity index (χ0) is 16.9. The van der Waals surface area contributed by atoms with E-state index >= 15 is 0 Å². The van der Waals surface area contributed by atoms with Crippen LogP contribution >= 0.6 is 11.8 Å². The molecule has 2 aromatic rings. The zero-order valence-corrected chi connectivity index (χ0v) is 15.1. The van der Waals surface area contributed by atoms with E-state index in [1.807, 2.05) is 37.4 Å². The smallest absolute Gasteiger partial charge is 0.242 e. The Morgan fingerprint density at radius 1 is 1.17 bits per heavy atom. The number of carbonyl (C=O) groups excluding carboxylic acids is 1. The van der Waals surface area contributed by atoms with Crippen molar-refractivity contribution in [2.24, 2.45) is 0 Å². The fraction of sp³-hybridized carbons (Fsp3) is 0.350. The van der Waals surface area contributed by atoms with Crippen LogP contribution in [0.2, 0.25) is 0 Å². The fourth-order valence-corrected chi connectivity index (χ4v) is 3.27. The third-order valence-electron chi connectivity index (χ3n) is 4.32. The van der Waals surface area contributed by atoms with Gasteiger partial charge in [0.15, 0.2) is 0 Å². The maximum absolute atomic E-state index is 12.8. The number of benzene rings is 2. The van der Waals surface area contributed by atoms with Crippen molar-refractivity contribution in [2.45, 2.75) is 36.4 Å². The molecule has 1 saturated carbocycles. The van der Waals surface area contributed by atoms with Gasteiger partial charge in [-0.2, -0.15) is 0 Å². The van der Waals surface area contributed by atoms with Gasteiger partial charge in [-0.1, -0.05) is 42.5 Å². The van der Waals surface area contributed by atoms with E-state index < -0.39 is 0 Å². The standard InChI is InChI=1S/C20H24N2OS/c1-22(14-15-8-12-18(24-2)13-9-15)19(16-6-4-3-5-7-16)20(23)21-17-10-11-17/h3-9,12-13,17,19H,10-11,14H2,1-2H3,(H,21,23)/t19-/m0/s1. The second kappa shape index (κ2) is 7.86. The lowest BCUT2D eigenvalue weighted by Gasteiger charge is -2.27. The summed E-state index contributed by atoms with van der Waals surface area (Å²) in [4.78, 5) is 16.2. The van der Waals surface area contributed by atoms with Crippen LogP contribution in [0.3, 0.4) is 0 Å². The lowest BCUT2D eigenvalue weighted by molar-refractivity contribution is -0.126. The number of nitrogens with one attached hydrogen (secondary N) is 1. The maximum Gasteiger partial charge on any atom is 0.242 e. The minimum absolute atomic E-state index is 0.104. The van der Waals surface area contributed by atoms with E-state index in [2.05, 4.69) is 40.7 Å². The molecular weight excluding hydrogens is 316 g/mol. The summed E-state index contributed by atoms with van der Waals surface area (Å²) in [6.45, 7) is 0.742. The molecule has 0 heterocycles. The number of likely N-dealkylation sites (N-methyl/N-ethyl adjacent to an activating group) is 1. The number of thioether (sulfide) groups is 1. The van der Waals surface area contributed by atoms with Crippen LogP contribution in [-0.4, -0.2) is 30.2 Å². The van der Waals surface area contributed by atoms with Crippen LogP contribution in [0.5, 0.6) is 0 Å². The van der Waals surface area contributed by atoms with Crippen molar-refractivity contribution in [3.63, 3.8) is 0 Å². The van der Waals surface area contributed by atoms with Crippen molar-refractivity contribution in [2.75, 3.05) is 13.3 Å². The first-order valence-corrected chi connectivity index (χ1v) is 9.58. The molecule has 1 amide bonds. The molecule has 1 fully saturated rings. The van der Waals surface area contributed by atoms with Crippen molar-refractivity contribution in [1.82, 2.24) is 10.2 Å². The van der Waals surface area contributed by atoms with Crippen LogP contribution in [-0.2, 0) is 11.3 Å². The maximum atomic E-state index is 12.8. The highest BCUT2D eigenvalue weighted by molar-refractivity contribution is 7.98. The molecule has 0 saturated heterocycles. The molecule has 0 unspecified atom stereocenters. The molecule has 1 atom stereocenters. The average Bonchev–Trinajstić information content (AvgIpc) is 3.40. The van der Waals surface area contributed by atoms with E-state index in [-0.39, 0.29) is 11.9 Å². The van der Waals surface area contributed by atoms with E-state index in [9.17, 15) is 4.79 Å². The van der Waals surface area contributed by atoms with E-state index in [1.165, 1.54) is 10.5 Å². The summed E-state index contributed by atoms with van der Waals surface area (Å²) in [6, 6.07) is 18.7. The number of amides is 1. The van der Waals surface area contributed by atoms with Gasteiger partial charge in [0.25, 0.3) is 0 Å². The summed E-state index contributed by atoms with van der Waals surface area (Å²) in [5.74, 6) is 0.104. The molecule has 126 valence electrons. The molecule has 1 aliphatic carbocycles. The average molecular weight is 340 g/mol. The van der Waals surface area contributed by atoms with Crippen molar-refractivity contribution >= 4 is 17.7 Å². The highest BCUT2D eigenvalue weighted by Gasteiger charge is 2.30. The van der Waals surface area contributed by atoms with Gasteiger partial charge in [-0.3, -0.25) is 9.69 Å². The van der Waals surface area contributed by atoms with Gasteiger partial charge in [-0.15, -0.1) is 11.8 Å². The summed E-state index contributed by atoms with van der Waals surface area (Å²) in [6.07, 6.45) is 4.29. The molecule has 0 bridgehead atoms. The first-order chi connectivity index (χ1) is 11.7. The first-order valence-electron chi connectivity index (χ1n) is 8.36. The predicted octanol–water partition coefficient (Wildman–Crippen LogP) is 3.86. The lowest BCUT2D eigenvalue weighted by atomic mass is 10.0. The van der Waals surface area contributed by atoms with Crippen LogP contribution in [0, 0.1) is 0 Å². The minimum atomic E-state index is -0.257. The van der Waals surface area contributed by atoms with Crippen molar-refractivity contribution in [1.29, 1.82) is 0 Å². The van der Waals surface area contributed by atoms with E-state index in [0.29, 0.717) is 6.04 Å². The Morgan fingerprint density at radius 2 is 1.83 bits per heavy atom. The molecule has 3 nitrogen and oxygen atoms in total. The Kier molecular flexibility index (Phi) is 5.59. The largest absolute Gasteiger partial charge is 0.352 e. The number of rotatable bonds is 7. The third kappa shape index (κ3) is 4.40. The Labute approximate surface area is 148 Å². The molecule has 0 spiro atoms. The normalized spacial score (nSPS) is 15.3. The molecule has 0 aromatic heterocycles. The summed E-state index contributed by atoms with van der Waals surface area (Å²) in [5.41, 5.74) is 2.26. The Hall–Kier alpha value is -1.78. The Morgan fingerprint density at radius 3 is 2.42 bits per heavy atom. The summed E-state index contributed by atoms with van der Waals surface area (Å²) in [7, 11) is 2.02. The highest BCUT2D eigenvalue weighted by Crippen LogP contribution is 2.25. The van der Waals surface area contributed by atoms with Gasteiger partial charge in [0.1, 0.15) is 6.04 Å². The summed E-state index contributed by atoms with van der Waals surface area (Å²) >= 11 is 1.74. The second-order valence-electron chi connectivity index (χ2n) is 6.36. The monoisotopic (exact) mass is 340 g/mol. The van der Waals surface area contributed by atoms with Gasteiger partial charge in [0.2, 0.25) is 5.91 Å². The molecule has 0 radical (unpaired) electrons. The Balaban J connectivity index is 1.76. The van der Waals surface area contributed by atoms with Gasteiger partial charge < -0.3 is 5.32 Å². The van der Waals surface area contributed by atoms with Crippen molar-refractivity contribution in [3.05, 3.63) is 65.7 Å². The number of nitrogens with zero attached hydrogens (tertiary/aromatic N) is 1. The van der Waals surface area contributed by atoms with Crippen LogP contribution in [0.15, 0.2) is 59.5 Å². The number of hydrogen-bond donors (Lipinski definition) is 1. The van der Waals surface area contributed by atoms with Crippen LogP contribution < -0.4 is 5.32 Å². The lowest BCUT2D eigenvalue weighted by Crippen LogP contribution is -2.39. The van der Waals surface area contributed by atoms with Gasteiger partial charge >= 0.3 is 0 Å². The summed E-state index contributed by atoms with van der Waals surface area (Å²) < 4.78 is 0. The van der Waals surface area contributed by atoms with Gasteiger partial charge in [-0.25, -0.2) is 0 Å². The molecule has 1 N–H and O–H groups in total. The van der Waals surface area contributed by atoms with Gasteiger partial charge in [-0.05, 0) is 49.4 Å². The predicted molar refractivity (Wildman–Crippen MR) is 100 cm³/mol. The van der Waals surface area contributed by atoms with Crippen molar-refractivity contribution in [3.8, 4) is 0 Å². The van der Waals surface area contributed by atoms with E-state index in [0.717, 1.165) is 24.9 Å². The van der Waals surface area contributed by atoms with Gasteiger partial charge in [0.05, 0.1) is 0 Å². The molecule has 4 heteroatoms. The zero-order valence-electron chi connectivity index (χ0n) is 14.2. The highest BCUT2D eigenvalue weighted by atomic mass is 32.2. The molecule has 3 rings (SSSR count). The van der Waals surface area contributed by atoms with Crippen molar-refractivity contribution < 1.29 is 4.79 Å². The third-order valence-corrected chi connectivity index (χ3v) is 5.06.